The van der Waals surface area contributed by atoms with E-state index < -0.39 is 11.9 Å². The van der Waals surface area contributed by atoms with Crippen molar-refractivity contribution in [3.05, 3.63) is 69.5 Å². The second-order valence-corrected chi connectivity index (χ2v) is 9.01. The van der Waals surface area contributed by atoms with E-state index in [1.54, 1.807) is 31.2 Å². The number of benzene rings is 2. The van der Waals surface area contributed by atoms with Crippen LogP contribution in [-0.4, -0.2) is 34.6 Å². The Hall–Kier alpha value is -1.76. The van der Waals surface area contributed by atoms with Gasteiger partial charge in [0.05, 0.1) is 5.75 Å². The first-order valence-corrected chi connectivity index (χ1v) is 11.4. The molecule has 0 bridgehead atoms. The summed E-state index contributed by atoms with van der Waals surface area (Å²) in [5.41, 5.74) is 1.23. The van der Waals surface area contributed by atoms with E-state index in [1.165, 1.54) is 22.7 Å². The molecule has 1 atom stereocenters. The standard InChI is InChI=1S/C22H25Cl2FN2O2S/c1-14(2)26-22(29)15(3)27(11-16-7-9-17(23)10-8-16)21(28)13-30-12-18-19(24)5-4-6-20(18)25/h4-10,14-15H,11-13H2,1-3H3,(H,26,29)/t15-/m1/s1. The zero-order valence-electron chi connectivity index (χ0n) is 17.1. The van der Waals surface area contributed by atoms with E-state index in [0.717, 1.165) is 5.56 Å². The first kappa shape index (κ1) is 24.5. The molecule has 0 aliphatic heterocycles. The summed E-state index contributed by atoms with van der Waals surface area (Å²) in [6.07, 6.45) is 0. The van der Waals surface area contributed by atoms with Crippen molar-refractivity contribution in [1.29, 1.82) is 0 Å². The van der Waals surface area contributed by atoms with Crippen LogP contribution in [0.2, 0.25) is 10.0 Å². The first-order valence-electron chi connectivity index (χ1n) is 9.54. The third-order valence-electron chi connectivity index (χ3n) is 4.40. The molecule has 0 spiro atoms. The molecule has 0 radical (unpaired) electrons. The number of rotatable bonds is 9. The number of hydrogen-bond acceptors (Lipinski definition) is 3. The molecule has 2 rings (SSSR count). The van der Waals surface area contributed by atoms with Crippen LogP contribution in [0.3, 0.4) is 0 Å². The van der Waals surface area contributed by atoms with E-state index in [2.05, 4.69) is 5.32 Å². The predicted molar refractivity (Wildman–Crippen MR) is 122 cm³/mol. The molecule has 2 aromatic carbocycles. The number of thioether (sulfide) groups is 1. The summed E-state index contributed by atoms with van der Waals surface area (Å²) in [5, 5.41) is 3.77. The van der Waals surface area contributed by atoms with E-state index in [-0.39, 0.29) is 35.9 Å². The SMILES string of the molecule is CC(C)NC(=O)[C@@H](C)N(Cc1ccc(Cl)cc1)C(=O)CSCc1c(F)cccc1Cl. The molecule has 2 amide bonds. The van der Waals surface area contributed by atoms with Gasteiger partial charge in [0.2, 0.25) is 11.8 Å². The zero-order chi connectivity index (χ0) is 22.3. The number of halogens is 3. The first-order chi connectivity index (χ1) is 14.2. The van der Waals surface area contributed by atoms with Crippen molar-refractivity contribution in [2.45, 2.75) is 45.2 Å². The Morgan fingerprint density at radius 1 is 1.10 bits per heavy atom. The minimum absolute atomic E-state index is 0.0370. The minimum Gasteiger partial charge on any atom is -0.352 e. The van der Waals surface area contributed by atoms with Gasteiger partial charge in [0.15, 0.2) is 0 Å². The number of carbonyl (C=O) groups excluding carboxylic acids is 2. The molecule has 0 unspecified atom stereocenters. The van der Waals surface area contributed by atoms with Gasteiger partial charge >= 0.3 is 0 Å². The van der Waals surface area contributed by atoms with Gasteiger partial charge in [-0.25, -0.2) is 4.39 Å². The van der Waals surface area contributed by atoms with Crippen molar-refractivity contribution in [2.75, 3.05) is 5.75 Å². The molecule has 0 saturated heterocycles. The van der Waals surface area contributed by atoms with Crippen LogP contribution in [0.5, 0.6) is 0 Å². The molecule has 0 aliphatic rings. The van der Waals surface area contributed by atoms with E-state index in [4.69, 9.17) is 23.2 Å². The van der Waals surface area contributed by atoms with Crippen LogP contribution >= 0.6 is 35.0 Å². The Bertz CT molecular complexity index is 858. The molecule has 0 heterocycles. The topological polar surface area (TPSA) is 49.4 Å². The van der Waals surface area contributed by atoms with Crippen LogP contribution in [0.4, 0.5) is 4.39 Å². The molecule has 2 aromatic rings. The van der Waals surface area contributed by atoms with Gasteiger partial charge in [-0.15, -0.1) is 11.8 Å². The lowest BCUT2D eigenvalue weighted by atomic mass is 10.1. The van der Waals surface area contributed by atoms with Crippen LogP contribution < -0.4 is 5.32 Å². The van der Waals surface area contributed by atoms with Gasteiger partial charge in [0.1, 0.15) is 11.9 Å². The Morgan fingerprint density at radius 2 is 1.77 bits per heavy atom. The fourth-order valence-electron chi connectivity index (χ4n) is 2.77. The van der Waals surface area contributed by atoms with Gasteiger partial charge in [0, 0.05) is 33.9 Å². The molecule has 162 valence electrons. The molecule has 0 aliphatic carbocycles. The Balaban J connectivity index is 2.10. The van der Waals surface area contributed by atoms with E-state index in [0.29, 0.717) is 15.6 Å². The Kier molecular flexibility index (Phi) is 9.46. The van der Waals surface area contributed by atoms with Gasteiger partial charge in [-0.1, -0.05) is 41.4 Å². The molecule has 30 heavy (non-hydrogen) atoms. The quantitative estimate of drug-likeness (QED) is 0.540. The second-order valence-electron chi connectivity index (χ2n) is 7.18. The highest BCUT2D eigenvalue weighted by Gasteiger charge is 2.26. The van der Waals surface area contributed by atoms with Crippen molar-refractivity contribution in [2.24, 2.45) is 0 Å². The number of hydrogen-bond donors (Lipinski definition) is 1. The lowest BCUT2D eigenvalue weighted by Crippen LogP contribution is -2.49. The third-order valence-corrected chi connectivity index (χ3v) is 5.95. The fourth-order valence-corrected chi connectivity index (χ4v) is 4.14. The summed E-state index contributed by atoms with van der Waals surface area (Å²) >= 11 is 13.3. The highest BCUT2D eigenvalue weighted by molar-refractivity contribution is 7.99. The highest BCUT2D eigenvalue weighted by atomic mass is 35.5. The van der Waals surface area contributed by atoms with E-state index >= 15 is 0 Å². The van der Waals surface area contributed by atoms with Crippen molar-refractivity contribution in [1.82, 2.24) is 10.2 Å². The monoisotopic (exact) mass is 470 g/mol. The van der Waals surface area contributed by atoms with Crippen LogP contribution in [-0.2, 0) is 21.9 Å². The van der Waals surface area contributed by atoms with Crippen LogP contribution in [0.1, 0.15) is 31.9 Å². The summed E-state index contributed by atoms with van der Waals surface area (Å²) in [6, 6.07) is 10.9. The average molecular weight is 471 g/mol. The van der Waals surface area contributed by atoms with Crippen LogP contribution in [0.25, 0.3) is 0 Å². The van der Waals surface area contributed by atoms with Crippen LogP contribution in [0, 0.1) is 5.82 Å². The minimum atomic E-state index is -0.659. The van der Waals surface area contributed by atoms with E-state index in [1.807, 2.05) is 26.0 Å². The summed E-state index contributed by atoms with van der Waals surface area (Å²) in [4.78, 5) is 27.0. The number of carbonyl (C=O) groups is 2. The van der Waals surface area contributed by atoms with Gasteiger partial charge in [-0.05, 0) is 50.6 Å². The molecule has 0 aromatic heterocycles. The normalized spacial score (nSPS) is 12.0. The lowest BCUT2D eigenvalue weighted by Gasteiger charge is -2.29. The van der Waals surface area contributed by atoms with Crippen LogP contribution in [0.15, 0.2) is 42.5 Å². The summed E-state index contributed by atoms with van der Waals surface area (Å²) in [5.74, 6) is -0.482. The Labute approximate surface area is 191 Å². The zero-order valence-corrected chi connectivity index (χ0v) is 19.5. The number of nitrogens with zero attached hydrogens (tertiary/aromatic N) is 1. The van der Waals surface area contributed by atoms with Gasteiger partial charge in [-0.2, -0.15) is 0 Å². The van der Waals surface area contributed by atoms with E-state index in [9.17, 15) is 14.0 Å². The smallest absolute Gasteiger partial charge is 0.242 e. The maximum Gasteiger partial charge on any atom is 0.242 e. The number of nitrogens with one attached hydrogen (secondary N) is 1. The lowest BCUT2D eigenvalue weighted by molar-refractivity contribution is -0.138. The molecule has 1 N–H and O–H groups in total. The summed E-state index contributed by atoms with van der Waals surface area (Å²) in [7, 11) is 0. The van der Waals surface area contributed by atoms with Gasteiger partial charge in [0.25, 0.3) is 0 Å². The molecule has 8 heteroatoms. The molecule has 4 nitrogen and oxygen atoms in total. The highest BCUT2D eigenvalue weighted by Crippen LogP contribution is 2.24. The molecule has 0 saturated carbocycles. The number of amides is 2. The fraction of sp³-hybridized carbons (Fsp3) is 0.364. The predicted octanol–water partition coefficient (Wildman–Crippen LogP) is 5.31. The maximum absolute atomic E-state index is 14.0. The average Bonchev–Trinajstić information content (AvgIpc) is 2.68. The van der Waals surface area contributed by atoms with Gasteiger partial charge in [-0.3, -0.25) is 9.59 Å². The van der Waals surface area contributed by atoms with Crippen molar-refractivity contribution < 1.29 is 14.0 Å². The summed E-state index contributed by atoms with van der Waals surface area (Å²) in [6.45, 7) is 5.70. The van der Waals surface area contributed by atoms with Crippen molar-refractivity contribution >= 4 is 46.8 Å². The molecular weight excluding hydrogens is 446 g/mol. The maximum atomic E-state index is 14.0. The summed E-state index contributed by atoms with van der Waals surface area (Å²) < 4.78 is 14.0. The Morgan fingerprint density at radius 3 is 2.37 bits per heavy atom. The van der Waals surface area contributed by atoms with Crippen molar-refractivity contribution in [3.8, 4) is 0 Å². The third kappa shape index (κ3) is 7.18. The van der Waals surface area contributed by atoms with Crippen molar-refractivity contribution in [3.63, 3.8) is 0 Å². The molecular formula is C22H25Cl2FN2O2S. The second kappa shape index (κ2) is 11.6. The largest absolute Gasteiger partial charge is 0.352 e. The van der Waals surface area contributed by atoms with Gasteiger partial charge < -0.3 is 10.2 Å². The molecule has 0 fully saturated rings.